The smallest absolute Gasteiger partial charge is 0.257 e. The fraction of sp³-hybridized carbons (Fsp3) is 0.316. The van der Waals surface area contributed by atoms with Crippen LogP contribution in [0.2, 0.25) is 0 Å². The highest BCUT2D eigenvalue weighted by molar-refractivity contribution is 5.95. The third kappa shape index (κ3) is 3.07. The van der Waals surface area contributed by atoms with Gasteiger partial charge in [0.1, 0.15) is 0 Å². The van der Waals surface area contributed by atoms with Gasteiger partial charge in [0.2, 0.25) is 0 Å². The lowest BCUT2D eigenvalue weighted by Gasteiger charge is -2.24. The summed E-state index contributed by atoms with van der Waals surface area (Å²) in [4.78, 5) is 15.1. The molecule has 6 nitrogen and oxygen atoms in total. The predicted molar refractivity (Wildman–Crippen MR) is 94.6 cm³/mol. The summed E-state index contributed by atoms with van der Waals surface area (Å²) in [6, 6.07) is 12.0. The van der Waals surface area contributed by atoms with Crippen molar-refractivity contribution in [3.8, 4) is 5.69 Å². The first-order chi connectivity index (χ1) is 12.2. The average Bonchev–Trinajstić information content (AvgIpc) is 3.37. The van der Waals surface area contributed by atoms with E-state index < -0.39 is 0 Å². The van der Waals surface area contributed by atoms with E-state index in [1.54, 1.807) is 10.9 Å². The van der Waals surface area contributed by atoms with Gasteiger partial charge in [-0.05, 0) is 38.0 Å². The summed E-state index contributed by atoms with van der Waals surface area (Å²) < 4.78 is 3.68. The van der Waals surface area contributed by atoms with E-state index in [-0.39, 0.29) is 11.9 Å². The highest BCUT2D eigenvalue weighted by atomic mass is 16.2. The van der Waals surface area contributed by atoms with Gasteiger partial charge in [-0.2, -0.15) is 10.2 Å². The van der Waals surface area contributed by atoms with Crippen LogP contribution in [0.15, 0.2) is 55.0 Å². The quantitative estimate of drug-likeness (QED) is 0.736. The number of amides is 1. The maximum Gasteiger partial charge on any atom is 0.257 e. The van der Waals surface area contributed by atoms with Crippen LogP contribution in [0.25, 0.3) is 5.69 Å². The van der Waals surface area contributed by atoms with Gasteiger partial charge in [-0.3, -0.25) is 9.48 Å². The van der Waals surface area contributed by atoms with Gasteiger partial charge in [-0.1, -0.05) is 18.2 Å². The highest BCUT2D eigenvalue weighted by Crippen LogP contribution is 2.23. The van der Waals surface area contributed by atoms with Crippen molar-refractivity contribution in [2.75, 3.05) is 6.54 Å². The maximum absolute atomic E-state index is 13.1. The summed E-state index contributed by atoms with van der Waals surface area (Å²) in [5.74, 6) is 0.0642. The maximum atomic E-state index is 13.1. The Labute approximate surface area is 146 Å². The molecular weight excluding hydrogens is 314 g/mol. The molecule has 25 heavy (non-hydrogen) atoms. The van der Waals surface area contributed by atoms with Gasteiger partial charge >= 0.3 is 0 Å². The molecule has 2 aromatic heterocycles. The van der Waals surface area contributed by atoms with Crippen molar-refractivity contribution in [3.63, 3.8) is 0 Å². The number of benzene rings is 1. The number of nitrogens with zero attached hydrogens (tertiary/aromatic N) is 5. The standard InChI is InChI=1S/C19H21N5O/c1-15-18(14-24(21-15)16-7-3-2-4-8-16)19(25)23-12-5-9-17(23)13-22-11-6-10-20-22/h2-4,6-8,10-11,14,17H,5,9,12-13H2,1H3. The SMILES string of the molecule is Cc1nn(-c2ccccc2)cc1C(=O)N1CCCC1Cn1cccn1. The molecule has 6 heteroatoms. The van der Waals surface area contributed by atoms with Gasteiger partial charge in [-0.15, -0.1) is 0 Å². The minimum absolute atomic E-state index is 0.0642. The minimum atomic E-state index is 0.0642. The Morgan fingerprint density at radius 2 is 2.08 bits per heavy atom. The van der Waals surface area contributed by atoms with E-state index in [1.165, 1.54) is 0 Å². The monoisotopic (exact) mass is 335 g/mol. The fourth-order valence-electron chi connectivity index (χ4n) is 3.45. The molecule has 1 atom stereocenters. The lowest BCUT2D eigenvalue weighted by atomic mass is 10.2. The third-order valence-corrected chi connectivity index (χ3v) is 4.75. The fourth-order valence-corrected chi connectivity index (χ4v) is 3.45. The van der Waals surface area contributed by atoms with Gasteiger partial charge in [0.25, 0.3) is 5.91 Å². The van der Waals surface area contributed by atoms with E-state index in [9.17, 15) is 4.79 Å². The molecule has 0 N–H and O–H groups in total. The minimum Gasteiger partial charge on any atom is -0.334 e. The molecule has 3 heterocycles. The van der Waals surface area contributed by atoms with Gasteiger partial charge < -0.3 is 4.90 Å². The van der Waals surface area contributed by atoms with Crippen LogP contribution in [0.4, 0.5) is 0 Å². The molecule has 0 aliphatic carbocycles. The summed E-state index contributed by atoms with van der Waals surface area (Å²) in [5, 5.41) is 8.80. The number of aryl methyl sites for hydroxylation is 1. The summed E-state index contributed by atoms with van der Waals surface area (Å²) in [6.07, 6.45) is 7.60. The molecule has 1 aliphatic rings. The molecule has 0 bridgehead atoms. The molecule has 1 aliphatic heterocycles. The van der Waals surface area contributed by atoms with Crippen LogP contribution in [0, 0.1) is 6.92 Å². The van der Waals surface area contributed by atoms with Gasteiger partial charge in [-0.25, -0.2) is 4.68 Å². The molecule has 1 amide bonds. The summed E-state index contributed by atoms with van der Waals surface area (Å²) in [6.45, 7) is 3.43. The Morgan fingerprint density at radius 3 is 2.84 bits per heavy atom. The Bertz CT molecular complexity index is 853. The van der Waals surface area contributed by atoms with Gasteiger partial charge in [0, 0.05) is 25.1 Å². The van der Waals surface area contributed by atoms with Crippen LogP contribution >= 0.6 is 0 Å². The van der Waals surface area contributed by atoms with Crippen LogP contribution in [-0.2, 0) is 6.54 Å². The summed E-state index contributed by atoms with van der Waals surface area (Å²) >= 11 is 0. The number of hydrogen-bond donors (Lipinski definition) is 0. The summed E-state index contributed by atoms with van der Waals surface area (Å²) in [5.41, 5.74) is 2.40. The second-order valence-electron chi connectivity index (χ2n) is 6.43. The van der Waals surface area contributed by atoms with Crippen molar-refractivity contribution in [3.05, 3.63) is 66.2 Å². The number of carbonyl (C=O) groups excluding carboxylic acids is 1. The van der Waals surface area contributed by atoms with Crippen LogP contribution in [0.3, 0.4) is 0 Å². The first-order valence-corrected chi connectivity index (χ1v) is 8.62. The first-order valence-electron chi connectivity index (χ1n) is 8.62. The Hall–Kier alpha value is -2.89. The van der Waals surface area contributed by atoms with E-state index in [4.69, 9.17) is 0 Å². The average molecular weight is 335 g/mol. The van der Waals surface area contributed by atoms with Crippen LogP contribution in [-0.4, -0.2) is 43.0 Å². The number of aromatic nitrogens is 4. The summed E-state index contributed by atoms with van der Waals surface area (Å²) in [7, 11) is 0. The molecule has 1 saturated heterocycles. The van der Waals surface area contributed by atoms with Crippen LogP contribution in [0.5, 0.6) is 0 Å². The largest absolute Gasteiger partial charge is 0.334 e. The number of hydrogen-bond acceptors (Lipinski definition) is 3. The van der Waals surface area contributed by atoms with Crippen molar-refractivity contribution in [2.24, 2.45) is 0 Å². The van der Waals surface area contributed by atoms with Crippen molar-refractivity contribution in [2.45, 2.75) is 32.4 Å². The van der Waals surface area contributed by atoms with Gasteiger partial charge in [0.05, 0.1) is 29.5 Å². The molecular formula is C19H21N5O. The van der Waals surface area contributed by atoms with E-state index in [0.717, 1.165) is 37.3 Å². The Kier molecular flexibility index (Phi) is 4.09. The molecule has 0 radical (unpaired) electrons. The zero-order valence-electron chi connectivity index (χ0n) is 14.2. The molecule has 0 spiro atoms. The van der Waals surface area contributed by atoms with Gasteiger partial charge in [0.15, 0.2) is 0 Å². The normalized spacial score (nSPS) is 17.2. The zero-order valence-corrected chi connectivity index (χ0v) is 14.2. The van der Waals surface area contributed by atoms with Crippen LogP contribution in [0.1, 0.15) is 28.9 Å². The van der Waals surface area contributed by atoms with Crippen molar-refractivity contribution < 1.29 is 4.79 Å². The first kappa shape index (κ1) is 15.6. The van der Waals surface area contributed by atoms with E-state index in [1.807, 2.05) is 65.3 Å². The topological polar surface area (TPSA) is 56.0 Å². The Balaban J connectivity index is 1.57. The molecule has 1 aromatic carbocycles. The van der Waals surface area contributed by atoms with Crippen LogP contribution < -0.4 is 0 Å². The zero-order chi connectivity index (χ0) is 17.2. The molecule has 4 rings (SSSR count). The molecule has 0 saturated carbocycles. The predicted octanol–water partition coefficient (Wildman–Crippen LogP) is 2.68. The molecule has 3 aromatic rings. The molecule has 1 unspecified atom stereocenters. The van der Waals surface area contributed by atoms with Crippen molar-refractivity contribution in [1.82, 2.24) is 24.5 Å². The van der Waals surface area contributed by atoms with E-state index in [2.05, 4.69) is 10.2 Å². The third-order valence-electron chi connectivity index (χ3n) is 4.75. The Morgan fingerprint density at radius 1 is 1.24 bits per heavy atom. The molecule has 1 fully saturated rings. The lowest BCUT2D eigenvalue weighted by Crippen LogP contribution is -2.38. The molecule has 128 valence electrons. The number of likely N-dealkylation sites (tertiary alicyclic amines) is 1. The van der Waals surface area contributed by atoms with E-state index >= 15 is 0 Å². The second-order valence-corrected chi connectivity index (χ2v) is 6.43. The number of carbonyl (C=O) groups is 1. The van der Waals surface area contributed by atoms with Crippen molar-refractivity contribution in [1.29, 1.82) is 0 Å². The lowest BCUT2D eigenvalue weighted by molar-refractivity contribution is 0.0721. The second kappa shape index (κ2) is 6.55. The highest BCUT2D eigenvalue weighted by Gasteiger charge is 2.31. The number of rotatable bonds is 4. The van der Waals surface area contributed by atoms with E-state index in [0.29, 0.717) is 5.56 Å². The van der Waals surface area contributed by atoms with Crippen molar-refractivity contribution >= 4 is 5.91 Å². The number of para-hydroxylation sites is 1.